The molecule has 0 saturated heterocycles. The van der Waals surface area contributed by atoms with E-state index < -0.39 is 11.9 Å². The lowest BCUT2D eigenvalue weighted by molar-refractivity contribution is 0.0689. The summed E-state index contributed by atoms with van der Waals surface area (Å²) < 4.78 is 1.35. The van der Waals surface area contributed by atoms with Crippen LogP contribution in [0.5, 0.6) is 0 Å². The molecule has 1 fully saturated rings. The van der Waals surface area contributed by atoms with Crippen LogP contribution in [-0.2, 0) is 7.05 Å². The molecule has 6 heteroatoms. The average Bonchev–Trinajstić information content (AvgIpc) is 2.77. The van der Waals surface area contributed by atoms with E-state index in [-0.39, 0.29) is 17.3 Å². The maximum Gasteiger partial charge on any atom is 0.339 e. The Hall–Kier alpha value is -1.85. The minimum atomic E-state index is -1.13. The number of hydrogen-bond donors (Lipinski definition) is 2. The van der Waals surface area contributed by atoms with E-state index in [1.54, 1.807) is 7.05 Å². The smallest absolute Gasteiger partial charge is 0.339 e. The van der Waals surface area contributed by atoms with Crippen molar-refractivity contribution in [2.75, 3.05) is 0 Å². The van der Waals surface area contributed by atoms with Crippen LogP contribution < -0.4 is 5.32 Å². The quantitative estimate of drug-likeness (QED) is 0.881. The number of rotatable bonds is 3. The van der Waals surface area contributed by atoms with Gasteiger partial charge in [-0.3, -0.25) is 9.48 Å². The van der Waals surface area contributed by atoms with Crippen molar-refractivity contribution in [2.45, 2.75) is 39.2 Å². The van der Waals surface area contributed by atoms with E-state index in [1.807, 2.05) is 0 Å². The highest BCUT2D eigenvalue weighted by Gasteiger charge is 2.30. The molecular formula is C14H21N3O3. The number of aromatic nitrogens is 2. The minimum absolute atomic E-state index is 0.00886. The van der Waals surface area contributed by atoms with Crippen LogP contribution in [0.1, 0.15) is 54.0 Å². The van der Waals surface area contributed by atoms with Gasteiger partial charge in [0.15, 0.2) is 5.69 Å². The van der Waals surface area contributed by atoms with Crippen LogP contribution >= 0.6 is 0 Å². The van der Waals surface area contributed by atoms with Gasteiger partial charge in [0.1, 0.15) is 5.56 Å². The third-order valence-corrected chi connectivity index (χ3v) is 4.30. The molecule has 0 aromatic carbocycles. The summed E-state index contributed by atoms with van der Waals surface area (Å²) in [6.45, 7) is 4.32. The van der Waals surface area contributed by atoms with Crippen LogP contribution in [0.2, 0.25) is 0 Å². The van der Waals surface area contributed by atoms with E-state index in [2.05, 4.69) is 24.3 Å². The Morgan fingerprint density at radius 1 is 1.40 bits per heavy atom. The van der Waals surface area contributed by atoms with E-state index >= 15 is 0 Å². The molecular weight excluding hydrogens is 258 g/mol. The molecule has 0 unspecified atom stereocenters. The molecule has 0 spiro atoms. The second kappa shape index (κ2) is 5.64. The van der Waals surface area contributed by atoms with Gasteiger partial charge in [0.2, 0.25) is 0 Å². The molecule has 1 aromatic heterocycles. The number of carbonyl (C=O) groups excluding carboxylic acids is 1. The fourth-order valence-electron chi connectivity index (χ4n) is 2.84. The third-order valence-electron chi connectivity index (χ3n) is 4.30. The van der Waals surface area contributed by atoms with Gasteiger partial charge in [-0.15, -0.1) is 0 Å². The Balaban J connectivity index is 2.14. The zero-order chi connectivity index (χ0) is 14.9. The van der Waals surface area contributed by atoms with E-state index in [0.717, 1.165) is 12.8 Å². The number of carboxylic acid groups (broad SMARTS) is 1. The molecule has 1 aromatic rings. The van der Waals surface area contributed by atoms with Crippen LogP contribution in [0.25, 0.3) is 0 Å². The lowest BCUT2D eigenvalue weighted by Gasteiger charge is -2.34. The van der Waals surface area contributed by atoms with Crippen LogP contribution in [0.15, 0.2) is 6.20 Å². The van der Waals surface area contributed by atoms with Crippen molar-refractivity contribution in [2.24, 2.45) is 18.9 Å². The summed E-state index contributed by atoms with van der Waals surface area (Å²) in [7, 11) is 1.61. The molecule has 20 heavy (non-hydrogen) atoms. The number of aryl methyl sites for hydroxylation is 1. The molecule has 1 aliphatic carbocycles. The highest BCUT2D eigenvalue weighted by molar-refractivity contribution is 6.03. The second-order valence-corrected chi connectivity index (χ2v) is 5.72. The number of hydrogen-bond acceptors (Lipinski definition) is 3. The van der Waals surface area contributed by atoms with E-state index in [4.69, 9.17) is 5.11 Å². The van der Waals surface area contributed by atoms with Crippen LogP contribution in [0.4, 0.5) is 0 Å². The average molecular weight is 279 g/mol. The van der Waals surface area contributed by atoms with Crippen molar-refractivity contribution in [3.05, 3.63) is 17.5 Å². The van der Waals surface area contributed by atoms with E-state index in [0.29, 0.717) is 11.8 Å². The van der Waals surface area contributed by atoms with Gasteiger partial charge in [-0.2, -0.15) is 5.10 Å². The summed E-state index contributed by atoms with van der Waals surface area (Å²) in [6.07, 6.45) is 4.55. The molecule has 6 nitrogen and oxygen atoms in total. The topological polar surface area (TPSA) is 84.2 Å². The standard InChI is InChI=1S/C14H21N3O3/c1-8-5-4-6-11(9(8)2)15-13(18)12-10(14(19)20)7-17(3)16-12/h7-9,11H,4-6H2,1-3H3,(H,15,18)(H,19,20)/t8-,9+,11+/m1/s1. The molecule has 0 bridgehead atoms. The van der Waals surface area contributed by atoms with Crippen molar-refractivity contribution >= 4 is 11.9 Å². The predicted molar refractivity (Wildman–Crippen MR) is 73.6 cm³/mol. The van der Waals surface area contributed by atoms with Gasteiger partial charge >= 0.3 is 5.97 Å². The number of nitrogens with zero attached hydrogens (tertiary/aromatic N) is 2. The first-order chi connectivity index (χ1) is 9.40. The summed E-state index contributed by atoms with van der Waals surface area (Å²) in [5, 5.41) is 16.0. The predicted octanol–water partition coefficient (Wildman–Crippen LogP) is 1.67. The van der Waals surface area contributed by atoms with Crippen molar-refractivity contribution < 1.29 is 14.7 Å². The van der Waals surface area contributed by atoms with Crippen molar-refractivity contribution in [1.82, 2.24) is 15.1 Å². The van der Waals surface area contributed by atoms with Gasteiger partial charge in [0, 0.05) is 19.3 Å². The maximum atomic E-state index is 12.3. The molecule has 2 rings (SSSR count). The highest BCUT2D eigenvalue weighted by atomic mass is 16.4. The van der Waals surface area contributed by atoms with Gasteiger partial charge < -0.3 is 10.4 Å². The van der Waals surface area contributed by atoms with Crippen LogP contribution in [-0.4, -0.2) is 32.8 Å². The first-order valence-corrected chi connectivity index (χ1v) is 6.98. The summed E-state index contributed by atoms with van der Waals surface area (Å²) in [5.74, 6) is -0.566. The van der Waals surface area contributed by atoms with Crippen molar-refractivity contribution in [3.8, 4) is 0 Å². The molecule has 1 amide bonds. The van der Waals surface area contributed by atoms with Crippen molar-refractivity contribution in [1.29, 1.82) is 0 Å². The molecule has 110 valence electrons. The SMILES string of the molecule is C[C@H]1[C@H](C)CCC[C@@H]1NC(=O)c1nn(C)cc1C(=O)O. The van der Waals surface area contributed by atoms with Gasteiger partial charge in [-0.05, 0) is 18.3 Å². The van der Waals surface area contributed by atoms with E-state index in [1.165, 1.54) is 17.3 Å². The summed E-state index contributed by atoms with van der Waals surface area (Å²) in [6, 6.07) is 0.0925. The number of amides is 1. The van der Waals surface area contributed by atoms with E-state index in [9.17, 15) is 9.59 Å². The largest absolute Gasteiger partial charge is 0.478 e. The lowest BCUT2D eigenvalue weighted by atomic mass is 9.78. The molecule has 1 heterocycles. The van der Waals surface area contributed by atoms with Crippen LogP contribution in [0, 0.1) is 11.8 Å². The molecule has 1 aliphatic rings. The fourth-order valence-corrected chi connectivity index (χ4v) is 2.84. The number of carboxylic acids is 1. The van der Waals surface area contributed by atoms with Gasteiger partial charge in [0.05, 0.1) is 0 Å². The number of carbonyl (C=O) groups is 2. The molecule has 1 saturated carbocycles. The highest BCUT2D eigenvalue weighted by Crippen LogP contribution is 2.29. The zero-order valence-electron chi connectivity index (χ0n) is 12.1. The lowest BCUT2D eigenvalue weighted by Crippen LogP contribution is -2.44. The zero-order valence-corrected chi connectivity index (χ0v) is 12.1. The second-order valence-electron chi connectivity index (χ2n) is 5.72. The Morgan fingerprint density at radius 3 is 2.75 bits per heavy atom. The minimum Gasteiger partial charge on any atom is -0.478 e. The van der Waals surface area contributed by atoms with Gasteiger partial charge in [-0.1, -0.05) is 26.7 Å². The Bertz CT molecular complexity index is 524. The number of aromatic carboxylic acids is 1. The Morgan fingerprint density at radius 2 is 2.10 bits per heavy atom. The molecule has 2 N–H and O–H groups in total. The fraction of sp³-hybridized carbons (Fsp3) is 0.643. The van der Waals surface area contributed by atoms with Gasteiger partial charge in [0.25, 0.3) is 5.91 Å². The maximum absolute atomic E-state index is 12.3. The molecule has 3 atom stereocenters. The first kappa shape index (κ1) is 14.6. The Labute approximate surface area is 118 Å². The van der Waals surface area contributed by atoms with Crippen molar-refractivity contribution in [3.63, 3.8) is 0 Å². The Kier molecular flexibility index (Phi) is 4.11. The number of nitrogens with one attached hydrogen (secondary N) is 1. The first-order valence-electron chi connectivity index (χ1n) is 6.98. The third kappa shape index (κ3) is 2.84. The van der Waals surface area contributed by atoms with Gasteiger partial charge in [-0.25, -0.2) is 4.79 Å². The van der Waals surface area contributed by atoms with Crippen LogP contribution in [0.3, 0.4) is 0 Å². The molecule has 0 radical (unpaired) electrons. The summed E-state index contributed by atoms with van der Waals surface area (Å²) in [5.41, 5.74) is -0.0630. The summed E-state index contributed by atoms with van der Waals surface area (Å²) >= 11 is 0. The normalized spacial score (nSPS) is 26.2. The summed E-state index contributed by atoms with van der Waals surface area (Å²) in [4.78, 5) is 23.4. The molecule has 0 aliphatic heterocycles. The monoisotopic (exact) mass is 279 g/mol.